The third-order valence-corrected chi connectivity index (χ3v) is 5.80. The molecule has 8 heteroatoms. The molecule has 1 saturated heterocycles. The van der Waals surface area contributed by atoms with E-state index in [1.807, 2.05) is 18.2 Å². The summed E-state index contributed by atoms with van der Waals surface area (Å²) in [5.41, 5.74) is 6.67. The zero-order valence-corrected chi connectivity index (χ0v) is 17.7. The molecule has 0 aliphatic carbocycles. The van der Waals surface area contributed by atoms with Gasteiger partial charge >= 0.3 is 5.97 Å². The van der Waals surface area contributed by atoms with E-state index in [1.54, 1.807) is 12.1 Å². The second kappa shape index (κ2) is 8.69. The highest BCUT2D eigenvalue weighted by atomic mass is 35.5. The van der Waals surface area contributed by atoms with E-state index in [0.717, 1.165) is 10.9 Å². The number of aromatic nitrogens is 1. The molecule has 0 radical (unpaired) electrons. The minimum Gasteiger partial charge on any atom is -0.489 e. The average Bonchev–Trinajstić information content (AvgIpc) is 2.76. The molecule has 0 amide bonds. The number of methoxy groups -OCH3 is 1. The number of anilines is 1. The minimum absolute atomic E-state index is 0.140. The van der Waals surface area contributed by atoms with Crippen LogP contribution in [0.25, 0.3) is 10.9 Å². The van der Waals surface area contributed by atoms with Crippen LogP contribution in [0, 0.1) is 5.82 Å². The largest absolute Gasteiger partial charge is 0.489 e. The van der Waals surface area contributed by atoms with Gasteiger partial charge in [0.1, 0.15) is 29.4 Å². The summed E-state index contributed by atoms with van der Waals surface area (Å²) in [6.07, 6.45) is 1.19. The van der Waals surface area contributed by atoms with Gasteiger partial charge in [0.25, 0.3) is 0 Å². The van der Waals surface area contributed by atoms with Gasteiger partial charge in [-0.05, 0) is 48.2 Å². The Balaban J connectivity index is 1.60. The molecule has 2 N–H and O–H groups in total. The van der Waals surface area contributed by atoms with Crippen LogP contribution < -0.4 is 10.5 Å². The SMILES string of the molecule is COC(=O)C1(c2cc(F)cc(OCc3ccc4c(Cl)cc(N)nc4c3)c2)CCCOC1. The van der Waals surface area contributed by atoms with E-state index in [0.29, 0.717) is 47.1 Å². The van der Waals surface area contributed by atoms with Gasteiger partial charge in [-0.3, -0.25) is 4.79 Å². The first-order valence-corrected chi connectivity index (χ1v) is 10.2. The number of nitrogens with zero attached hydrogens (tertiary/aromatic N) is 1. The molecule has 0 saturated carbocycles. The maximum absolute atomic E-state index is 14.4. The third kappa shape index (κ3) is 4.29. The molecule has 31 heavy (non-hydrogen) atoms. The van der Waals surface area contributed by atoms with Crippen LogP contribution in [0.1, 0.15) is 24.0 Å². The van der Waals surface area contributed by atoms with Gasteiger partial charge in [-0.1, -0.05) is 23.7 Å². The highest BCUT2D eigenvalue weighted by molar-refractivity contribution is 6.35. The van der Waals surface area contributed by atoms with Crippen molar-refractivity contribution in [2.45, 2.75) is 24.9 Å². The standard InChI is InChI=1S/C23H22ClFN2O4/c1-29-22(28)23(5-2-6-30-13-23)15-8-16(25)10-17(9-15)31-12-14-3-4-18-19(24)11-21(26)27-20(18)7-14/h3-4,7-11H,2,5-6,12-13H2,1H3,(H2,26,27). The molecule has 1 aliphatic rings. The van der Waals surface area contributed by atoms with Crippen molar-refractivity contribution in [3.8, 4) is 5.75 Å². The second-order valence-electron chi connectivity index (χ2n) is 7.57. The zero-order chi connectivity index (χ0) is 22.0. The lowest BCUT2D eigenvalue weighted by Gasteiger charge is -2.34. The van der Waals surface area contributed by atoms with Crippen molar-refractivity contribution < 1.29 is 23.4 Å². The molecule has 6 nitrogen and oxygen atoms in total. The number of nitrogen functional groups attached to an aromatic ring is 1. The first-order valence-electron chi connectivity index (χ1n) is 9.86. The molecule has 1 fully saturated rings. The molecular formula is C23H22ClFN2O4. The normalized spacial score (nSPS) is 18.7. The molecule has 1 atom stereocenters. The number of benzene rings is 2. The molecule has 0 spiro atoms. The minimum atomic E-state index is -1.05. The molecule has 1 aromatic heterocycles. The van der Waals surface area contributed by atoms with Gasteiger partial charge in [0.2, 0.25) is 0 Å². The quantitative estimate of drug-likeness (QED) is 0.587. The van der Waals surface area contributed by atoms with E-state index in [9.17, 15) is 9.18 Å². The fourth-order valence-corrected chi connectivity index (χ4v) is 4.20. The van der Waals surface area contributed by atoms with E-state index in [4.69, 9.17) is 31.5 Å². The molecule has 3 aromatic rings. The summed E-state index contributed by atoms with van der Waals surface area (Å²) in [7, 11) is 1.32. The number of fused-ring (bicyclic) bond motifs is 1. The Kier molecular flexibility index (Phi) is 5.98. The topological polar surface area (TPSA) is 83.7 Å². The second-order valence-corrected chi connectivity index (χ2v) is 7.98. The number of hydrogen-bond donors (Lipinski definition) is 1. The van der Waals surface area contributed by atoms with Crippen LogP contribution in [-0.4, -0.2) is 31.3 Å². The lowest BCUT2D eigenvalue weighted by molar-refractivity contribution is -0.153. The Bertz CT molecular complexity index is 1130. The van der Waals surface area contributed by atoms with Crippen molar-refractivity contribution in [3.63, 3.8) is 0 Å². The van der Waals surface area contributed by atoms with Crippen LogP contribution in [0.4, 0.5) is 10.2 Å². The van der Waals surface area contributed by atoms with Crippen molar-refractivity contribution in [1.29, 1.82) is 0 Å². The third-order valence-electron chi connectivity index (χ3n) is 5.49. The van der Waals surface area contributed by atoms with Crippen LogP contribution >= 0.6 is 11.6 Å². The summed E-state index contributed by atoms with van der Waals surface area (Å²) in [6, 6.07) is 11.4. The van der Waals surface area contributed by atoms with Crippen molar-refractivity contribution in [2.75, 3.05) is 26.1 Å². The lowest BCUT2D eigenvalue weighted by Crippen LogP contribution is -2.44. The Morgan fingerprint density at radius 2 is 2.13 bits per heavy atom. The van der Waals surface area contributed by atoms with Gasteiger partial charge in [0.05, 0.1) is 24.3 Å². The number of hydrogen-bond acceptors (Lipinski definition) is 6. The van der Waals surface area contributed by atoms with Crippen LogP contribution in [0.3, 0.4) is 0 Å². The molecular weight excluding hydrogens is 423 g/mol. The van der Waals surface area contributed by atoms with Crippen molar-refractivity contribution in [2.24, 2.45) is 0 Å². The Morgan fingerprint density at radius 1 is 1.29 bits per heavy atom. The lowest BCUT2D eigenvalue weighted by atomic mass is 9.76. The number of rotatable bonds is 5. The predicted octanol–water partition coefficient (Wildman–Crippen LogP) is 4.41. The highest BCUT2D eigenvalue weighted by Crippen LogP contribution is 2.37. The fraction of sp³-hybridized carbons (Fsp3) is 0.304. The number of carbonyl (C=O) groups is 1. The number of ether oxygens (including phenoxy) is 3. The number of pyridine rings is 1. The van der Waals surface area contributed by atoms with Gasteiger partial charge in [-0.15, -0.1) is 0 Å². The van der Waals surface area contributed by atoms with Gasteiger partial charge in [-0.25, -0.2) is 9.37 Å². The predicted molar refractivity (Wildman–Crippen MR) is 116 cm³/mol. The van der Waals surface area contributed by atoms with Crippen LogP contribution in [-0.2, 0) is 26.3 Å². The maximum atomic E-state index is 14.4. The average molecular weight is 445 g/mol. The number of carbonyl (C=O) groups excluding carboxylic acids is 1. The Morgan fingerprint density at radius 3 is 2.87 bits per heavy atom. The molecule has 0 bridgehead atoms. The van der Waals surface area contributed by atoms with E-state index < -0.39 is 17.2 Å². The van der Waals surface area contributed by atoms with Gasteiger partial charge < -0.3 is 19.9 Å². The summed E-state index contributed by atoms with van der Waals surface area (Å²) in [4.78, 5) is 16.9. The van der Waals surface area contributed by atoms with Crippen molar-refractivity contribution in [1.82, 2.24) is 4.98 Å². The molecule has 2 heterocycles. The van der Waals surface area contributed by atoms with E-state index in [-0.39, 0.29) is 13.2 Å². The maximum Gasteiger partial charge on any atom is 0.318 e. The van der Waals surface area contributed by atoms with Crippen LogP contribution in [0.5, 0.6) is 5.75 Å². The zero-order valence-electron chi connectivity index (χ0n) is 17.0. The van der Waals surface area contributed by atoms with Crippen LogP contribution in [0.15, 0.2) is 42.5 Å². The van der Waals surface area contributed by atoms with Gasteiger partial charge in [0.15, 0.2) is 0 Å². The van der Waals surface area contributed by atoms with Crippen molar-refractivity contribution >= 4 is 34.3 Å². The van der Waals surface area contributed by atoms with Crippen LogP contribution in [0.2, 0.25) is 5.02 Å². The molecule has 1 unspecified atom stereocenters. The van der Waals surface area contributed by atoms with E-state index in [2.05, 4.69) is 4.98 Å². The van der Waals surface area contributed by atoms with E-state index >= 15 is 0 Å². The molecule has 2 aromatic carbocycles. The highest BCUT2D eigenvalue weighted by Gasteiger charge is 2.44. The first-order chi connectivity index (χ1) is 14.9. The molecule has 162 valence electrons. The first kappa shape index (κ1) is 21.3. The summed E-state index contributed by atoms with van der Waals surface area (Å²) in [5, 5.41) is 1.30. The Labute approximate surface area is 184 Å². The summed E-state index contributed by atoms with van der Waals surface area (Å²) in [5.74, 6) is -0.310. The van der Waals surface area contributed by atoms with Gasteiger partial charge in [0, 0.05) is 18.1 Å². The van der Waals surface area contributed by atoms with Crippen molar-refractivity contribution in [3.05, 3.63) is 64.4 Å². The monoisotopic (exact) mass is 444 g/mol. The molecule has 4 rings (SSSR count). The summed E-state index contributed by atoms with van der Waals surface area (Å²) in [6.45, 7) is 0.873. The smallest absolute Gasteiger partial charge is 0.318 e. The summed E-state index contributed by atoms with van der Waals surface area (Å²) >= 11 is 6.21. The number of halogens is 2. The fourth-order valence-electron chi connectivity index (χ4n) is 3.93. The Hall–Kier alpha value is -2.90. The number of nitrogens with two attached hydrogens (primary N) is 1. The summed E-state index contributed by atoms with van der Waals surface area (Å²) < 4.78 is 30.8. The van der Waals surface area contributed by atoms with E-state index in [1.165, 1.54) is 19.2 Å². The van der Waals surface area contributed by atoms with Gasteiger partial charge in [-0.2, -0.15) is 0 Å². The molecule has 1 aliphatic heterocycles. The number of esters is 1.